The molecule has 0 radical (unpaired) electrons. The first kappa shape index (κ1) is 12.8. The zero-order valence-corrected chi connectivity index (χ0v) is 11.1. The highest BCUT2D eigenvalue weighted by Crippen LogP contribution is 2.13. The second kappa shape index (κ2) is 5.80. The van der Waals surface area contributed by atoms with Crippen molar-refractivity contribution in [2.45, 2.75) is 6.54 Å². The van der Waals surface area contributed by atoms with Gasteiger partial charge in [0.1, 0.15) is 4.99 Å². The lowest BCUT2D eigenvalue weighted by Crippen LogP contribution is -2.12. The van der Waals surface area contributed by atoms with E-state index in [1.165, 1.54) is 0 Å². The molecule has 0 unspecified atom stereocenters. The standard InChI is InChI=1S/C13H12ClN3S/c14-10-3-1-2-9(6-10)8-17-11-4-5-16-12(7-11)13(15)18/h1-7H,8H2,(H2,15,18)(H,16,17). The summed E-state index contributed by atoms with van der Waals surface area (Å²) in [4.78, 5) is 4.37. The van der Waals surface area contributed by atoms with Crippen molar-refractivity contribution in [3.05, 3.63) is 58.9 Å². The third kappa shape index (κ3) is 3.42. The molecule has 0 saturated heterocycles. The summed E-state index contributed by atoms with van der Waals surface area (Å²) in [5.41, 5.74) is 8.18. The Hall–Kier alpha value is -1.65. The van der Waals surface area contributed by atoms with Crippen molar-refractivity contribution < 1.29 is 0 Å². The first-order valence-corrected chi connectivity index (χ1v) is 6.18. The molecule has 0 amide bonds. The third-order valence-corrected chi connectivity index (χ3v) is 2.84. The summed E-state index contributed by atoms with van der Waals surface area (Å²) in [6, 6.07) is 11.4. The number of benzene rings is 1. The van der Waals surface area contributed by atoms with Gasteiger partial charge >= 0.3 is 0 Å². The number of aromatic nitrogens is 1. The second-order valence-corrected chi connectivity index (χ2v) is 4.65. The van der Waals surface area contributed by atoms with Gasteiger partial charge in [0.05, 0.1) is 5.69 Å². The minimum absolute atomic E-state index is 0.293. The van der Waals surface area contributed by atoms with Crippen molar-refractivity contribution >= 4 is 34.5 Å². The van der Waals surface area contributed by atoms with E-state index in [-0.39, 0.29) is 0 Å². The fraction of sp³-hybridized carbons (Fsp3) is 0.0769. The highest BCUT2D eigenvalue weighted by atomic mass is 35.5. The van der Waals surface area contributed by atoms with Crippen LogP contribution in [0.4, 0.5) is 5.69 Å². The van der Waals surface area contributed by atoms with Crippen LogP contribution in [-0.4, -0.2) is 9.97 Å². The normalized spacial score (nSPS) is 10.1. The molecule has 0 atom stereocenters. The van der Waals surface area contributed by atoms with Gasteiger partial charge in [0.25, 0.3) is 0 Å². The zero-order chi connectivity index (χ0) is 13.0. The number of hydrogen-bond donors (Lipinski definition) is 2. The molecule has 92 valence electrons. The van der Waals surface area contributed by atoms with E-state index in [9.17, 15) is 0 Å². The largest absolute Gasteiger partial charge is 0.388 e. The van der Waals surface area contributed by atoms with E-state index in [0.29, 0.717) is 17.2 Å². The first-order chi connectivity index (χ1) is 8.65. The molecule has 2 rings (SSSR count). The van der Waals surface area contributed by atoms with Crippen molar-refractivity contribution in [3.8, 4) is 0 Å². The van der Waals surface area contributed by atoms with Gasteiger partial charge in [-0.2, -0.15) is 0 Å². The lowest BCUT2D eigenvalue weighted by atomic mass is 10.2. The number of nitrogens with two attached hydrogens (primary N) is 1. The Morgan fingerprint density at radius 2 is 2.17 bits per heavy atom. The topological polar surface area (TPSA) is 50.9 Å². The molecule has 0 aliphatic carbocycles. The summed E-state index contributed by atoms with van der Waals surface area (Å²) in [5, 5.41) is 4.00. The number of hydrogen-bond acceptors (Lipinski definition) is 3. The SMILES string of the molecule is NC(=S)c1cc(NCc2cccc(Cl)c2)ccn1. The van der Waals surface area contributed by atoms with Crippen molar-refractivity contribution in [1.29, 1.82) is 0 Å². The molecule has 5 heteroatoms. The van der Waals surface area contributed by atoms with Crippen molar-refractivity contribution in [1.82, 2.24) is 4.98 Å². The Morgan fingerprint density at radius 1 is 1.33 bits per heavy atom. The van der Waals surface area contributed by atoms with Gasteiger partial charge in [-0.25, -0.2) is 0 Å². The molecule has 1 aromatic carbocycles. The van der Waals surface area contributed by atoms with Crippen LogP contribution >= 0.6 is 23.8 Å². The third-order valence-electron chi connectivity index (χ3n) is 2.40. The maximum absolute atomic E-state index is 5.92. The van der Waals surface area contributed by atoms with Crippen LogP contribution in [0.1, 0.15) is 11.3 Å². The number of anilines is 1. The fourth-order valence-corrected chi connectivity index (χ4v) is 1.85. The van der Waals surface area contributed by atoms with E-state index in [0.717, 1.165) is 16.3 Å². The molecule has 0 saturated carbocycles. The number of nitrogens with one attached hydrogen (secondary N) is 1. The molecule has 1 aromatic heterocycles. The number of pyridine rings is 1. The summed E-state index contributed by atoms with van der Waals surface area (Å²) >= 11 is 10.8. The molecule has 3 nitrogen and oxygen atoms in total. The number of halogens is 1. The molecule has 0 fully saturated rings. The van der Waals surface area contributed by atoms with Gasteiger partial charge in [-0.3, -0.25) is 4.98 Å². The highest BCUT2D eigenvalue weighted by Gasteiger charge is 2.00. The van der Waals surface area contributed by atoms with Gasteiger partial charge < -0.3 is 11.1 Å². The Balaban J connectivity index is 2.06. The average molecular weight is 278 g/mol. The minimum atomic E-state index is 0.293. The van der Waals surface area contributed by atoms with E-state index < -0.39 is 0 Å². The number of thiocarbonyl (C=S) groups is 1. The molecule has 0 bridgehead atoms. The van der Waals surface area contributed by atoms with E-state index in [1.54, 1.807) is 6.20 Å². The molecule has 2 aromatic rings. The molecule has 0 aliphatic heterocycles. The molecule has 18 heavy (non-hydrogen) atoms. The second-order valence-electron chi connectivity index (χ2n) is 3.78. The molecular formula is C13H12ClN3S. The van der Waals surface area contributed by atoms with Crippen LogP contribution < -0.4 is 11.1 Å². The summed E-state index contributed by atoms with van der Waals surface area (Å²) in [6.45, 7) is 0.682. The van der Waals surface area contributed by atoms with Gasteiger partial charge in [0.15, 0.2) is 0 Å². The Kier molecular flexibility index (Phi) is 4.12. The maximum atomic E-state index is 5.92. The molecule has 3 N–H and O–H groups in total. The van der Waals surface area contributed by atoms with E-state index in [2.05, 4.69) is 10.3 Å². The van der Waals surface area contributed by atoms with Gasteiger partial charge in [-0.15, -0.1) is 0 Å². The highest BCUT2D eigenvalue weighted by molar-refractivity contribution is 7.80. The Bertz CT molecular complexity index is 572. The summed E-state index contributed by atoms with van der Waals surface area (Å²) in [6.07, 6.45) is 1.68. The summed E-state index contributed by atoms with van der Waals surface area (Å²) in [7, 11) is 0. The van der Waals surface area contributed by atoms with Gasteiger partial charge in [-0.05, 0) is 29.8 Å². The maximum Gasteiger partial charge on any atom is 0.122 e. The molecule has 0 spiro atoms. The van der Waals surface area contributed by atoms with E-state index >= 15 is 0 Å². The van der Waals surface area contributed by atoms with Crippen LogP contribution in [0.3, 0.4) is 0 Å². The lowest BCUT2D eigenvalue weighted by molar-refractivity contribution is 1.14. The van der Waals surface area contributed by atoms with Crippen LogP contribution in [-0.2, 0) is 6.54 Å². The smallest absolute Gasteiger partial charge is 0.122 e. The molecule has 1 heterocycles. The minimum Gasteiger partial charge on any atom is -0.388 e. The van der Waals surface area contributed by atoms with Crippen molar-refractivity contribution in [2.75, 3.05) is 5.32 Å². The monoisotopic (exact) mass is 277 g/mol. The van der Waals surface area contributed by atoms with Crippen molar-refractivity contribution in [3.63, 3.8) is 0 Å². The molecule has 0 aliphatic rings. The number of rotatable bonds is 4. The predicted octanol–water partition coefficient (Wildman–Crippen LogP) is 2.98. The van der Waals surface area contributed by atoms with Crippen LogP contribution in [0, 0.1) is 0 Å². The van der Waals surface area contributed by atoms with Crippen LogP contribution in [0.25, 0.3) is 0 Å². The van der Waals surface area contributed by atoms with E-state index in [1.807, 2.05) is 36.4 Å². The van der Waals surface area contributed by atoms with Crippen LogP contribution in [0.5, 0.6) is 0 Å². The van der Waals surface area contributed by atoms with E-state index in [4.69, 9.17) is 29.6 Å². The number of nitrogens with zero attached hydrogens (tertiary/aromatic N) is 1. The van der Waals surface area contributed by atoms with Crippen molar-refractivity contribution in [2.24, 2.45) is 5.73 Å². The first-order valence-electron chi connectivity index (χ1n) is 5.39. The Labute approximate surface area is 116 Å². The predicted molar refractivity (Wildman–Crippen MR) is 78.9 cm³/mol. The van der Waals surface area contributed by atoms with Crippen LogP contribution in [0.2, 0.25) is 5.02 Å². The lowest BCUT2D eigenvalue weighted by Gasteiger charge is -2.07. The average Bonchev–Trinajstić information content (AvgIpc) is 2.37. The fourth-order valence-electron chi connectivity index (χ4n) is 1.53. The van der Waals surface area contributed by atoms with Gasteiger partial charge in [0.2, 0.25) is 0 Å². The zero-order valence-electron chi connectivity index (χ0n) is 9.56. The van der Waals surface area contributed by atoms with Gasteiger partial charge in [0, 0.05) is 23.5 Å². The summed E-state index contributed by atoms with van der Waals surface area (Å²) in [5.74, 6) is 0. The van der Waals surface area contributed by atoms with Gasteiger partial charge in [-0.1, -0.05) is 36.0 Å². The van der Waals surface area contributed by atoms with Crippen LogP contribution in [0.15, 0.2) is 42.6 Å². The Morgan fingerprint density at radius 3 is 2.89 bits per heavy atom. The quantitative estimate of drug-likeness (QED) is 0.844. The molecular weight excluding hydrogens is 266 g/mol. The summed E-state index contributed by atoms with van der Waals surface area (Å²) < 4.78 is 0.